The minimum Gasteiger partial charge on any atom is -0.444 e. The van der Waals surface area contributed by atoms with E-state index in [4.69, 9.17) is 21.2 Å². The zero-order chi connectivity index (χ0) is 24.6. The van der Waals surface area contributed by atoms with Crippen molar-refractivity contribution in [2.75, 3.05) is 27.0 Å². The Morgan fingerprint density at radius 3 is 2.79 bits per heavy atom. The molecular formula is C23H29ClN6O4. The molecule has 2 amide bonds. The number of imidazole rings is 1. The average molecular weight is 489 g/mol. The Labute approximate surface area is 203 Å². The molecule has 0 saturated carbocycles. The maximum atomic E-state index is 13.0. The van der Waals surface area contributed by atoms with Crippen LogP contribution in [0.1, 0.15) is 55.9 Å². The molecule has 1 aromatic heterocycles. The molecule has 2 aromatic rings. The number of carbonyl (C=O) groups excluding carboxylic acids is 2. The number of halogens is 1. The molecule has 0 spiro atoms. The van der Waals surface area contributed by atoms with Gasteiger partial charge in [-0.1, -0.05) is 29.7 Å². The highest BCUT2D eigenvalue weighted by molar-refractivity contribution is 6.34. The molecule has 0 aliphatic carbocycles. The molecule has 182 valence electrons. The van der Waals surface area contributed by atoms with E-state index in [2.05, 4.69) is 10.1 Å². The molecule has 0 N–H and O–H groups in total. The number of fused-ring (bicyclic) bond motifs is 3. The van der Waals surface area contributed by atoms with Crippen LogP contribution in [0, 0.1) is 0 Å². The van der Waals surface area contributed by atoms with Gasteiger partial charge in [-0.3, -0.25) is 19.2 Å². The smallest absolute Gasteiger partial charge is 0.411 e. The van der Waals surface area contributed by atoms with Crippen LogP contribution in [0.3, 0.4) is 0 Å². The number of hydrogen-bond acceptors (Lipinski definition) is 7. The number of oxime groups is 1. The van der Waals surface area contributed by atoms with E-state index in [1.165, 1.54) is 0 Å². The third kappa shape index (κ3) is 4.54. The molecule has 11 heteroatoms. The van der Waals surface area contributed by atoms with E-state index >= 15 is 0 Å². The molecule has 2 aliphatic heterocycles. The van der Waals surface area contributed by atoms with E-state index in [1.807, 2.05) is 43.2 Å². The lowest BCUT2D eigenvalue weighted by molar-refractivity contribution is 0.0116. The van der Waals surface area contributed by atoms with Gasteiger partial charge < -0.3 is 14.5 Å². The maximum Gasteiger partial charge on any atom is 0.411 e. The summed E-state index contributed by atoms with van der Waals surface area (Å²) in [6.45, 7) is 8.72. The fraction of sp³-hybridized carbons (Fsp3) is 0.478. The van der Waals surface area contributed by atoms with Crippen LogP contribution in [-0.2, 0) is 16.1 Å². The predicted molar refractivity (Wildman–Crippen MR) is 127 cm³/mol. The molecule has 2 aliphatic rings. The zero-order valence-electron chi connectivity index (χ0n) is 20.0. The van der Waals surface area contributed by atoms with Crippen molar-refractivity contribution in [3.8, 4) is 5.69 Å². The summed E-state index contributed by atoms with van der Waals surface area (Å²) in [6, 6.07) is 5.34. The highest BCUT2D eigenvalue weighted by Crippen LogP contribution is 2.31. The van der Waals surface area contributed by atoms with Gasteiger partial charge in [0, 0.05) is 13.6 Å². The van der Waals surface area contributed by atoms with Crippen LogP contribution in [-0.4, -0.2) is 74.7 Å². The normalized spacial score (nSPS) is 15.4. The summed E-state index contributed by atoms with van der Waals surface area (Å²) in [6.07, 6.45) is 2.02. The van der Waals surface area contributed by atoms with Crippen LogP contribution in [0.15, 0.2) is 29.7 Å². The van der Waals surface area contributed by atoms with Gasteiger partial charge in [-0.2, -0.15) is 0 Å². The van der Waals surface area contributed by atoms with Crippen molar-refractivity contribution in [2.24, 2.45) is 5.16 Å². The molecule has 0 radical (unpaired) electrons. The van der Waals surface area contributed by atoms with Gasteiger partial charge in [-0.15, -0.1) is 0 Å². The lowest BCUT2D eigenvalue weighted by atomic mass is 10.1. The highest BCUT2D eigenvalue weighted by atomic mass is 35.5. The largest absolute Gasteiger partial charge is 0.444 e. The van der Waals surface area contributed by atoms with Crippen LogP contribution < -0.4 is 0 Å². The van der Waals surface area contributed by atoms with Gasteiger partial charge in [-0.25, -0.2) is 9.78 Å². The molecular weight excluding hydrogens is 460 g/mol. The minimum absolute atomic E-state index is 0.168. The van der Waals surface area contributed by atoms with Gasteiger partial charge >= 0.3 is 6.09 Å². The quantitative estimate of drug-likeness (QED) is 0.637. The summed E-state index contributed by atoms with van der Waals surface area (Å²) < 4.78 is 7.43. The van der Waals surface area contributed by atoms with E-state index in [1.54, 1.807) is 35.3 Å². The molecule has 10 nitrogen and oxygen atoms in total. The van der Waals surface area contributed by atoms with Gasteiger partial charge in [0.25, 0.3) is 5.91 Å². The van der Waals surface area contributed by atoms with Crippen molar-refractivity contribution in [2.45, 2.75) is 46.3 Å². The maximum absolute atomic E-state index is 13.0. The zero-order valence-corrected chi connectivity index (χ0v) is 20.8. The molecule has 3 heterocycles. The second-order valence-corrected chi connectivity index (χ2v) is 9.71. The number of amides is 2. The summed E-state index contributed by atoms with van der Waals surface area (Å²) in [5.41, 5.74) is 1.82. The minimum atomic E-state index is -0.603. The van der Waals surface area contributed by atoms with E-state index in [0.717, 1.165) is 12.1 Å². The predicted octanol–water partition coefficient (Wildman–Crippen LogP) is 3.67. The van der Waals surface area contributed by atoms with E-state index < -0.39 is 11.7 Å². The topological polar surface area (TPSA) is 92.5 Å². The second-order valence-electron chi connectivity index (χ2n) is 9.30. The monoisotopic (exact) mass is 488 g/mol. The molecule has 0 bridgehead atoms. The summed E-state index contributed by atoms with van der Waals surface area (Å²) in [4.78, 5) is 40.8. The van der Waals surface area contributed by atoms with Crippen molar-refractivity contribution in [3.63, 3.8) is 0 Å². The van der Waals surface area contributed by atoms with Gasteiger partial charge in [0.05, 0.1) is 28.5 Å². The molecule has 34 heavy (non-hydrogen) atoms. The average Bonchev–Trinajstić information content (AvgIpc) is 3.35. The molecule has 4 rings (SSSR count). The van der Waals surface area contributed by atoms with E-state index in [-0.39, 0.29) is 19.3 Å². The van der Waals surface area contributed by atoms with E-state index in [9.17, 15) is 9.59 Å². The number of carbonyl (C=O) groups is 2. The van der Waals surface area contributed by atoms with Crippen LogP contribution in [0.4, 0.5) is 4.79 Å². The van der Waals surface area contributed by atoms with Crippen LogP contribution in [0.5, 0.6) is 0 Å². The molecule has 0 fully saturated rings. The molecule has 0 unspecified atom stereocenters. The summed E-state index contributed by atoms with van der Waals surface area (Å²) in [7, 11) is 1.72. The number of hydrogen-bond donors (Lipinski definition) is 0. The van der Waals surface area contributed by atoms with Crippen molar-refractivity contribution in [1.29, 1.82) is 0 Å². The van der Waals surface area contributed by atoms with Crippen molar-refractivity contribution in [3.05, 3.63) is 46.5 Å². The third-order valence-electron chi connectivity index (χ3n) is 5.43. The van der Waals surface area contributed by atoms with Crippen molar-refractivity contribution >= 4 is 29.4 Å². The second kappa shape index (κ2) is 9.17. The molecule has 0 saturated heterocycles. The Kier molecular flexibility index (Phi) is 6.44. The number of aromatic nitrogens is 2. The van der Waals surface area contributed by atoms with Gasteiger partial charge in [-0.05, 0) is 39.3 Å². The third-order valence-corrected chi connectivity index (χ3v) is 5.74. The number of ether oxygens (including phenoxy) is 1. The summed E-state index contributed by atoms with van der Waals surface area (Å²) >= 11 is 6.38. The van der Waals surface area contributed by atoms with Gasteiger partial charge in [0.2, 0.25) is 0 Å². The number of benzene rings is 1. The Morgan fingerprint density at radius 1 is 1.32 bits per heavy atom. The number of rotatable bonds is 5. The van der Waals surface area contributed by atoms with Crippen molar-refractivity contribution < 1.29 is 19.2 Å². The Morgan fingerprint density at radius 2 is 2.09 bits per heavy atom. The van der Waals surface area contributed by atoms with Crippen molar-refractivity contribution in [1.82, 2.24) is 24.3 Å². The first-order chi connectivity index (χ1) is 16.1. The van der Waals surface area contributed by atoms with Crippen LogP contribution >= 0.6 is 11.6 Å². The lowest BCUT2D eigenvalue weighted by Gasteiger charge is -2.30. The Balaban J connectivity index is 1.66. The summed E-state index contributed by atoms with van der Waals surface area (Å²) in [5, 5.41) is 4.60. The van der Waals surface area contributed by atoms with E-state index in [0.29, 0.717) is 40.9 Å². The molecule has 0 atom stereocenters. The fourth-order valence-corrected chi connectivity index (χ4v) is 4.18. The number of amidine groups is 1. The fourth-order valence-electron chi connectivity index (χ4n) is 3.93. The Bertz CT molecular complexity index is 1140. The van der Waals surface area contributed by atoms with Gasteiger partial charge in [0.1, 0.15) is 24.3 Å². The van der Waals surface area contributed by atoms with Crippen LogP contribution in [0.2, 0.25) is 5.02 Å². The standard InChI is InChI=1S/C23H29ClN6O4/c1-6-10-28(22(32)34-23(2,3)4)13-29-14-33-26-20(29)19-17-11-27(5)21(31)18-15(24)8-7-9-16(18)30(17)12-25-19/h7-9,12H,6,10-11,13-14H2,1-5H3. The first-order valence-corrected chi connectivity index (χ1v) is 11.5. The Hall–Kier alpha value is -3.27. The first kappa shape index (κ1) is 23.9. The SMILES string of the molecule is CCCN(CN1CON=C1c1ncn2c1CN(C)C(=O)c1c(Cl)cccc1-2)C(=O)OC(C)(C)C. The molecule has 1 aromatic carbocycles. The van der Waals surface area contributed by atoms with Gasteiger partial charge in [0.15, 0.2) is 12.6 Å². The summed E-state index contributed by atoms with van der Waals surface area (Å²) in [5.74, 6) is 0.320. The lowest BCUT2D eigenvalue weighted by Crippen LogP contribution is -2.45. The number of nitrogens with zero attached hydrogens (tertiary/aromatic N) is 6. The highest BCUT2D eigenvalue weighted by Gasteiger charge is 2.34. The first-order valence-electron chi connectivity index (χ1n) is 11.1. The van der Waals surface area contributed by atoms with Crippen LogP contribution in [0.25, 0.3) is 5.69 Å².